The second-order valence-electron chi connectivity index (χ2n) is 14.6. The fourth-order valence-electron chi connectivity index (χ4n) is 7.83. The number of benzene rings is 6. The van der Waals surface area contributed by atoms with Gasteiger partial charge in [-0.2, -0.15) is 0 Å². The lowest BCUT2D eigenvalue weighted by Gasteiger charge is -2.23. The molecular formula is C39H35NO2. The Morgan fingerprint density at radius 1 is 0.500 bits per heavy atom. The summed E-state index contributed by atoms with van der Waals surface area (Å²) in [4.78, 5) is 29.3. The molecule has 208 valence electrons. The van der Waals surface area contributed by atoms with Crippen LogP contribution in [-0.2, 0) is 10.8 Å². The van der Waals surface area contributed by atoms with Gasteiger partial charge in [0.2, 0.25) is 0 Å². The largest absolute Gasteiger partial charge is 0.268 e. The molecule has 1 aromatic heterocycles. The maximum absolute atomic E-state index is 14.6. The van der Waals surface area contributed by atoms with E-state index in [9.17, 15) is 9.59 Å². The second kappa shape index (κ2) is 7.58. The van der Waals surface area contributed by atoms with Crippen molar-refractivity contribution >= 4 is 64.6 Å². The lowest BCUT2D eigenvalue weighted by molar-refractivity contribution is 0.596. The van der Waals surface area contributed by atoms with Crippen LogP contribution in [0.1, 0.15) is 69.4 Å². The van der Waals surface area contributed by atoms with E-state index in [-0.39, 0.29) is 21.9 Å². The zero-order chi connectivity index (χ0) is 29.8. The Balaban J connectivity index is 1.75. The minimum absolute atomic E-state index is 0.154. The maximum atomic E-state index is 14.6. The Hall–Kier alpha value is -4.24. The van der Waals surface area contributed by atoms with E-state index in [4.69, 9.17) is 0 Å². The summed E-state index contributed by atoms with van der Waals surface area (Å²) < 4.78 is 1.45. The van der Waals surface area contributed by atoms with Crippen LogP contribution in [0.2, 0.25) is 0 Å². The van der Waals surface area contributed by atoms with Crippen molar-refractivity contribution < 1.29 is 0 Å². The molecule has 3 heteroatoms. The first kappa shape index (κ1) is 25.5. The normalized spacial score (nSPS) is 13.5. The first-order chi connectivity index (χ1) is 19.7. The van der Waals surface area contributed by atoms with Crippen LogP contribution in [0.4, 0.5) is 0 Å². The van der Waals surface area contributed by atoms with Crippen molar-refractivity contribution in [1.82, 2.24) is 4.57 Å². The lowest BCUT2D eigenvalue weighted by Crippen LogP contribution is -2.24. The third kappa shape index (κ3) is 2.87. The molecule has 8 rings (SSSR count). The first-order valence-corrected chi connectivity index (χ1v) is 15.0. The molecule has 0 spiro atoms. The Morgan fingerprint density at radius 2 is 0.952 bits per heavy atom. The van der Waals surface area contributed by atoms with Crippen LogP contribution < -0.4 is 11.1 Å². The molecule has 42 heavy (non-hydrogen) atoms. The van der Waals surface area contributed by atoms with E-state index >= 15 is 0 Å². The molecule has 0 saturated heterocycles. The molecule has 1 heterocycles. The standard InChI is InChI=1S/C39H35NO2/c1-18-10-15-28(20(3)19(18)2)40-36(41)34-24-16-26(38(4,5)6)22-13-11-21-12-14-23-27(39(7,8)9)17-25(35(34)37(40)42)33-31(23)29(21)30(22)32(24)33/h10-17H,1-9H3. The van der Waals surface area contributed by atoms with Gasteiger partial charge in [-0.15, -0.1) is 0 Å². The third-order valence-corrected chi connectivity index (χ3v) is 10.1. The number of rotatable bonds is 1. The van der Waals surface area contributed by atoms with Gasteiger partial charge in [0.05, 0.1) is 16.5 Å². The number of nitrogens with zero attached hydrogens (tertiary/aromatic N) is 1. The van der Waals surface area contributed by atoms with Crippen LogP contribution >= 0.6 is 0 Å². The number of hydrogen-bond donors (Lipinski definition) is 0. The van der Waals surface area contributed by atoms with Crippen molar-refractivity contribution in [2.24, 2.45) is 0 Å². The summed E-state index contributed by atoms with van der Waals surface area (Å²) in [6.07, 6.45) is 0. The van der Waals surface area contributed by atoms with E-state index in [0.717, 1.165) is 38.2 Å². The minimum atomic E-state index is -0.219. The molecule has 0 aliphatic rings. The average molecular weight is 550 g/mol. The summed E-state index contributed by atoms with van der Waals surface area (Å²) in [5.74, 6) is 0. The molecule has 8 aromatic rings. The molecular weight excluding hydrogens is 514 g/mol. The van der Waals surface area contributed by atoms with Gasteiger partial charge in [-0.05, 0) is 131 Å². The minimum Gasteiger partial charge on any atom is -0.268 e. The summed E-state index contributed by atoms with van der Waals surface area (Å²) in [6.45, 7) is 19.5. The average Bonchev–Trinajstić information content (AvgIpc) is 3.41. The van der Waals surface area contributed by atoms with E-state index in [1.54, 1.807) is 0 Å². The highest BCUT2D eigenvalue weighted by molar-refractivity contribution is 6.48. The van der Waals surface area contributed by atoms with Crippen LogP contribution in [-0.4, -0.2) is 4.57 Å². The summed E-state index contributed by atoms with van der Waals surface area (Å²) in [7, 11) is 0. The van der Waals surface area contributed by atoms with Crippen LogP contribution in [0.25, 0.3) is 70.3 Å². The van der Waals surface area contributed by atoms with Crippen molar-refractivity contribution in [2.75, 3.05) is 0 Å². The number of hydrogen-bond acceptors (Lipinski definition) is 2. The predicted molar refractivity (Wildman–Crippen MR) is 180 cm³/mol. The van der Waals surface area contributed by atoms with Crippen LogP contribution in [0, 0.1) is 20.8 Å². The second-order valence-corrected chi connectivity index (χ2v) is 14.6. The lowest BCUT2D eigenvalue weighted by atomic mass is 9.80. The Kier molecular flexibility index (Phi) is 4.60. The molecule has 0 N–H and O–H groups in total. The van der Waals surface area contributed by atoms with Crippen molar-refractivity contribution in [1.29, 1.82) is 0 Å². The van der Waals surface area contributed by atoms with Gasteiger partial charge in [0, 0.05) is 0 Å². The van der Waals surface area contributed by atoms with Gasteiger partial charge in [-0.3, -0.25) is 9.59 Å². The zero-order valence-electron chi connectivity index (χ0n) is 25.9. The highest BCUT2D eigenvalue weighted by atomic mass is 16.2. The van der Waals surface area contributed by atoms with E-state index in [2.05, 4.69) is 91.8 Å². The van der Waals surface area contributed by atoms with E-state index < -0.39 is 0 Å². The van der Waals surface area contributed by atoms with E-state index in [0.29, 0.717) is 16.5 Å². The number of fused-ring (bicyclic) bond motifs is 3. The summed E-state index contributed by atoms with van der Waals surface area (Å²) >= 11 is 0. The van der Waals surface area contributed by atoms with Crippen LogP contribution in [0.5, 0.6) is 0 Å². The van der Waals surface area contributed by atoms with Gasteiger partial charge in [0.25, 0.3) is 11.1 Å². The highest BCUT2D eigenvalue weighted by Crippen LogP contribution is 2.53. The van der Waals surface area contributed by atoms with E-state index in [1.807, 2.05) is 19.1 Å². The molecule has 0 atom stereocenters. The molecule has 3 nitrogen and oxygen atoms in total. The van der Waals surface area contributed by atoms with Gasteiger partial charge in [-0.1, -0.05) is 71.9 Å². The predicted octanol–water partition coefficient (Wildman–Crippen LogP) is 9.39. The Morgan fingerprint density at radius 3 is 1.40 bits per heavy atom. The van der Waals surface area contributed by atoms with Crippen molar-refractivity contribution in [3.63, 3.8) is 0 Å². The van der Waals surface area contributed by atoms with Crippen molar-refractivity contribution in [3.05, 3.63) is 97.1 Å². The fraction of sp³-hybridized carbons (Fsp3) is 0.282. The zero-order valence-corrected chi connectivity index (χ0v) is 25.9. The number of aromatic nitrogens is 1. The first-order valence-electron chi connectivity index (χ1n) is 15.0. The van der Waals surface area contributed by atoms with Gasteiger partial charge < -0.3 is 0 Å². The molecule has 0 fully saturated rings. The van der Waals surface area contributed by atoms with Crippen molar-refractivity contribution in [3.8, 4) is 5.69 Å². The topological polar surface area (TPSA) is 39.1 Å². The van der Waals surface area contributed by atoms with Gasteiger partial charge in [-0.25, -0.2) is 4.57 Å². The molecule has 0 amide bonds. The summed E-state index contributed by atoms with van der Waals surface area (Å²) in [5.41, 5.74) is 5.57. The quantitative estimate of drug-likeness (QED) is 0.191. The van der Waals surface area contributed by atoms with Gasteiger partial charge >= 0.3 is 0 Å². The fourth-order valence-corrected chi connectivity index (χ4v) is 7.83. The molecule has 0 radical (unpaired) electrons. The monoisotopic (exact) mass is 549 g/mol. The molecule has 0 saturated carbocycles. The van der Waals surface area contributed by atoms with Crippen LogP contribution in [0.3, 0.4) is 0 Å². The molecule has 0 unspecified atom stereocenters. The number of aryl methyl sites for hydroxylation is 1. The summed E-state index contributed by atoms with van der Waals surface area (Å²) in [6, 6.07) is 17.4. The Bertz CT molecular complexity index is 2390. The third-order valence-electron chi connectivity index (χ3n) is 10.1. The van der Waals surface area contributed by atoms with E-state index in [1.165, 1.54) is 48.0 Å². The van der Waals surface area contributed by atoms with Gasteiger partial charge in [0.15, 0.2) is 0 Å². The summed E-state index contributed by atoms with van der Waals surface area (Å²) in [5, 5.41) is 12.6. The van der Waals surface area contributed by atoms with Gasteiger partial charge in [0.1, 0.15) is 0 Å². The molecule has 0 aliphatic carbocycles. The SMILES string of the molecule is Cc1ccc(-n2c(=O)c3c4cc(C(C)(C)C)c5ccc6ccc7c(C(C)(C)C)cc(c3c2=O)c2c7c6c5c42)c(C)c1C. The smallest absolute Gasteiger partial charge is 0.266 e. The Labute approximate surface area is 244 Å². The van der Waals surface area contributed by atoms with Crippen molar-refractivity contribution in [2.45, 2.75) is 73.1 Å². The highest BCUT2D eigenvalue weighted by Gasteiger charge is 2.32. The molecule has 0 bridgehead atoms. The molecule has 7 aromatic carbocycles. The maximum Gasteiger partial charge on any atom is 0.266 e. The van der Waals surface area contributed by atoms with Crippen LogP contribution in [0.15, 0.2) is 58.1 Å². The molecule has 0 aliphatic heterocycles.